The van der Waals surface area contributed by atoms with Gasteiger partial charge in [-0.05, 0) is 54.6 Å². The molecule has 9 heteroatoms. The number of pyridine rings is 1. The number of nitrogens with zero attached hydrogens (tertiary/aromatic N) is 1. The van der Waals surface area contributed by atoms with E-state index in [-0.39, 0.29) is 16.4 Å². The summed E-state index contributed by atoms with van der Waals surface area (Å²) in [5, 5.41) is 2.89. The van der Waals surface area contributed by atoms with Gasteiger partial charge in [0.1, 0.15) is 10.7 Å². The van der Waals surface area contributed by atoms with Crippen molar-refractivity contribution >= 4 is 33.2 Å². The second-order valence-electron chi connectivity index (χ2n) is 5.66. The van der Waals surface area contributed by atoms with Crippen molar-refractivity contribution in [3.63, 3.8) is 0 Å². The lowest BCUT2D eigenvalue weighted by molar-refractivity contribution is 0.0601. The molecule has 0 radical (unpaired) electrons. The third-order valence-electron chi connectivity index (χ3n) is 3.70. The highest BCUT2D eigenvalue weighted by molar-refractivity contribution is 7.92. The van der Waals surface area contributed by atoms with Crippen LogP contribution in [-0.4, -0.2) is 26.5 Å². The molecule has 7 nitrogen and oxygen atoms in total. The quantitative estimate of drug-likeness (QED) is 0.613. The highest BCUT2D eigenvalue weighted by Gasteiger charge is 2.20. The molecule has 2 N–H and O–H groups in total. The molecule has 0 bridgehead atoms. The van der Waals surface area contributed by atoms with E-state index in [1.807, 2.05) is 0 Å². The largest absolute Gasteiger partial charge is 0.465 e. The Bertz CT molecular complexity index is 1100. The maximum absolute atomic E-state index is 13.0. The Balaban J connectivity index is 1.91. The van der Waals surface area contributed by atoms with E-state index in [0.717, 1.165) is 12.1 Å². The summed E-state index contributed by atoms with van der Waals surface area (Å²) in [4.78, 5) is 15.6. The molecule has 3 aromatic rings. The monoisotopic (exact) mass is 401 g/mol. The zero-order chi connectivity index (χ0) is 20.1. The molecular formula is C19H16FN3O4S. The van der Waals surface area contributed by atoms with Crippen LogP contribution in [0, 0.1) is 5.82 Å². The number of benzene rings is 2. The van der Waals surface area contributed by atoms with Gasteiger partial charge in [-0.1, -0.05) is 6.07 Å². The van der Waals surface area contributed by atoms with Gasteiger partial charge >= 0.3 is 5.97 Å². The Hall–Kier alpha value is -3.46. The first-order chi connectivity index (χ1) is 13.4. The summed E-state index contributed by atoms with van der Waals surface area (Å²) in [6, 6.07) is 14.2. The Morgan fingerprint density at radius 2 is 1.79 bits per heavy atom. The summed E-state index contributed by atoms with van der Waals surface area (Å²) >= 11 is 0. The van der Waals surface area contributed by atoms with E-state index in [1.165, 1.54) is 43.6 Å². The fraction of sp³-hybridized carbons (Fsp3) is 0.0526. The minimum atomic E-state index is -4.00. The van der Waals surface area contributed by atoms with Crippen LogP contribution in [0.2, 0.25) is 0 Å². The highest BCUT2D eigenvalue weighted by atomic mass is 32.2. The van der Waals surface area contributed by atoms with Crippen LogP contribution in [0.3, 0.4) is 0 Å². The van der Waals surface area contributed by atoms with Crippen molar-refractivity contribution in [3.05, 3.63) is 78.2 Å². The minimum absolute atomic E-state index is 0.0686. The summed E-state index contributed by atoms with van der Waals surface area (Å²) in [5.41, 5.74) is 0.973. The van der Waals surface area contributed by atoms with E-state index in [1.54, 1.807) is 18.2 Å². The fourth-order valence-corrected chi connectivity index (χ4v) is 3.58. The second kappa shape index (κ2) is 8.05. The van der Waals surface area contributed by atoms with Crippen molar-refractivity contribution in [1.82, 2.24) is 4.98 Å². The molecule has 144 valence electrons. The number of ether oxygens (including phenoxy) is 1. The van der Waals surface area contributed by atoms with Gasteiger partial charge in [0.2, 0.25) is 0 Å². The number of methoxy groups -OCH3 is 1. The van der Waals surface area contributed by atoms with Crippen LogP contribution in [0.4, 0.5) is 21.6 Å². The van der Waals surface area contributed by atoms with Crippen molar-refractivity contribution in [2.24, 2.45) is 0 Å². The SMILES string of the molecule is COC(=O)c1cccc(Nc2ncccc2S(=O)(=O)Nc2ccc(F)cc2)c1. The molecule has 1 heterocycles. The molecule has 0 aliphatic heterocycles. The Morgan fingerprint density at radius 3 is 2.50 bits per heavy atom. The number of aromatic nitrogens is 1. The zero-order valence-electron chi connectivity index (χ0n) is 14.7. The number of halogens is 1. The topological polar surface area (TPSA) is 97.4 Å². The first-order valence-corrected chi connectivity index (χ1v) is 9.56. The maximum Gasteiger partial charge on any atom is 0.337 e. The number of sulfonamides is 1. The first-order valence-electron chi connectivity index (χ1n) is 8.08. The van der Waals surface area contributed by atoms with E-state index in [2.05, 4.69) is 19.8 Å². The van der Waals surface area contributed by atoms with Gasteiger partial charge in [0.25, 0.3) is 10.0 Å². The lowest BCUT2D eigenvalue weighted by Crippen LogP contribution is -2.15. The molecule has 0 aliphatic carbocycles. The molecule has 2 aromatic carbocycles. The van der Waals surface area contributed by atoms with Gasteiger partial charge in [-0.25, -0.2) is 22.6 Å². The molecule has 0 amide bonds. The highest BCUT2D eigenvalue weighted by Crippen LogP contribution is 2.25. The molecule has 1 aromatic heterocycles. The van der Waals surface area contributed by atoms with Gasteiger partial charge in [0.05, 0.1) is 12.7 Å². The van der Waals surface area contributed by atoms with Gasteiger partial charge in [0.15, 0.2) is 5.82 Å². The van der Waals surface area contributed by atoms with E-state index < -0.39 is 21.8 Å². The number of anilines is 3. The van der Waals surface area contributed by atoms with Gasteiger partial charge < -0.3 is 10.1 Å². The van der Waals surface area contributed by atoms with Crippen LogP contribution in [0.1, 0.15) is 10.4 Å². The predicted molar refractivity (Wildman–Crippen MR) is 103 cm³/mol. The lowest BCUT2D eigenvalue weighted by Gasteiger charge is -2.13. The van der Waals surface area contributed by atoms with Gasteiger partial charge in [0, 0.05) is 17.6 Å². The molecule has 0 atom stereocenters. The third kappa shape index (κ3) is 4.44. The molecule has 0 saturated heterocycles. The number of hydrogen-bond acceptors (Lipinski definition) is 6. The first kappa shape index (κ1) is 19.3. The van der Waals surface area contributed by atoms with E-state index >= 15 is 0 Å². The van der Waals surface area contributed by atoms with Crippen molar-refractivity contribution in [1.29, 1.82) is 0 Å². The van der Waals surface area contributed by atoms with Crippen LogP contribution >= 0.6 is 0 Å². The smallest absolute Gasteiger partial charge is 0.337 e. The van der Waals surface area contributed by atoms with E-state index in [9.17, 15) is 17.6 Å². The summed E-state index contributed by atoms with van der Waals surface area (Å²) in [6.45, 7) is 0. The minimum Gasteiger partial charge on any atom is -0.465 e. The summed E-state index contributed by atoms with van der Waals surface area (Å²) in [6.07, 6.45) is 1.43. The van der Waals surface area contributed by atoms with Crippen LogP contribution in [0.5, 0.6) is 0 Å². The second-order valence-corrected chi connectivity index (χ2v) is 7.31. The molecule has 0 aliphatic rings. The van der Waals surface area contributed by atoms with Crippen LogP contribution < -0.4 is 10.0 Å². The van der Waals surface area contributed by atoms with Crippen molar-refractivity contribution in [2.45, 2.75) is 4.90 Å². The molecule has 0 saturated carbocycles. The summed E-state index contributed by atoms with van der Waals surface area (Å²) in [5.74, 6) is -0.924. The lowest BCUT2D eigenvalue weighted by atomic mass is 10.2. The number of rotatable bonds is 6. The normalized spacial score (nSPS) is 10.9. The van der Waals surface area contributed by atoms with E-state index in [0.29, 0.717) is 11.3 Å². The average molecular weight is 401 g/mol. The number of nitrogens with one attached hydrogen (secondary N) is 2. The van der Waals surface area contributed by atoms with Gasteiger partial charge in [-0.2, -0.15) is 0 Å². The maximum atomic E-state index is 13.0. The molecule has 3 rings (SSSR count). The Labute approximate surface area is 161 Å². The summed E-state index contributed by atoms with van der Waals surface area (Å²) < 4.78 is 45.6. The number of carbonyl (C=O) groups is 1. The molecule has 0 fully saturated rings. The van der Waals surface area contributed by atoms with Crippen LogP contribution in [0.25, 0.3) is 0 Å². The number of carbonyl (C=O) groups excluding carboxylic acids is 1. The molecule has 28 heavy (non-hydrogen) atoms. The van der Waals surface area contributed by atoms with Crippen molar-refractivity contribution < 1.29 is 22.3 Å². The van der Waals surface area contributed by atoms with Gasteiger partial charge in [-0.3, -0.25) is 4.72 Å². The third-order valence-corrected chi connectivity index (χ3v) is 5.12. The Morgan fingerprint density at radius 1 is 1.04 bits per heavy atom. The average Bonchev–Trinajstić information content (AvgIpc) is 2.69. The van der Waals surface area contributed by atoms with Crippen LogP contribution in [0.15, 0.2) is 71.8 Å². The number of esters is 1. The zero-order valence-corrected chi connectivity index (χ0v) is 15.5. The standard InChI is InChI=1S/C19H16FN3O4S/c1-27-19(24)13-4-2-5-16(12-13)22-18-17(6-3-11-21-18)28(25,26)23-15-9-7-14(20)8-10-15/h2-12,23H,1H3,(H,21,22). The van der Waals surface area contributed by atoms with Gasteiger partial charge in [-0.15, -0.1) is 0 Å². The van der Waals surface area contributed by atoms with Crippen molar-refractivity contribution in [2.75, 3.05) is 17.1 Å². The summed E-state index contributed by atoms with van der Waals surface area (Å²) in [7, 11) is -2.73. The van der Waals surface area contributed by atoms with Crippen molar-refractivity contribution in [3.8, 4) is 0 Å². The van der Waals surface area contributed by atoms with E-state index in [4.69, 9.17) is 0 Å². The molecule has 0 unspecified atom stereocenters. The number of hydrogen-bond donors (Lipinski definition) is 2. The Kier molecular flexibility index (Phi) is 5.55. The fourth-order valence-electron chi connectivity index (χ4n) is 2.41. The molecular weight excluding hydrogens is 385 g/mol. The molecule has 0 spiro atoms. The predicted octanol–water partition coefficient (Wildman–Crippen LogP) is 3.55. The van der Waals surface area contributed by atoms with Crippen LogP contribution in [-0.2, 0) is 14.8 Å².